The summed E-state index contributed by atoms with van der Waals surface area (Å²) >= 11 is 0. The van der Waals surface area contributed by atoms with Crippen molar-refractivity contribution >= 4 is 0 Å². The van der Waals surface area contributed by atoms with Gasteiger partial charge in [-0.2, -0.15) is 0 Å². The fraction of sp³-hybridized carbons (Fsp3) is 0.800. The second-order valence-corrected chi connectivity index (χ2v) is 6.05. The minimum absolute atomic E-state index is 0.489. The van der Waals surface area contributed by atoms with Crippen molar-refractivity contribution in [2.24, 2.45) is 11.7 Å². The van der Waals surface area contributed by atoms with Gasteiger partial charge in [-0.05, 0) is 31.6 Å². The molecule has 1 aromatic heterocycles. The molecule has 2 aliphatic rings. The molecule has 2 fully saturated rings. The molecule has 100 valence electrons. The summed E-state index contributed by atoms with van der Waals surface area (Å²) in [6.45, 7) is 0.765. The first-order valence-corrected chi connectivity index (χ1v) is 7.62. The summed E-state index contributed by atoms with van der Waals surface area (Å²) in [6.07, 6.45) is 15.0. The first kappa shape index (κ1) is 12.2. The lowest BCUT2D eigenvalue weighted by atomic mass is 9.81. The molecule has 0 aliphatic heterocycles. The molecule has 1 aromatic rings. The zero-order valence-electron chi connectivity index (χ0n) is 11.2. The van der Waals surface area contributed by atoms with E-state index in [1.165, 1.54) is 57.1 Å². The highest BCUT2D eigenvalue weighted by Gasteiger charge is 2.29. The van der Waals surface area contributed by atoms with Crippen molar-refractivity contribution in [2.75, 3.05) is 6.54 Å². The molecule has 1 heterocycles. The van der Waals surface area contributed by atoms with Gasteiger partial charge >= 0.3 is 0 Å². The summed E-state index contributed by atoms with van der Waals surface area (Å²) in [4.78, 5) is 4.40. The van der Waals surface area contributed by atoms with Gasteiger partial charge in [0.2, 0.25) is 0 Å². The molecule has 0 aromatic carbocycles. The summed E-state index contributed by atoms with van der Waals surface area (Å²) in [5, 5.41) is 0. The lowest BCUT2D eigenvalue weighted by Crippen LogP contribution is -2.30. The van der Waals surface area contributed by atoms with Crippen LogP contribution in [0.5, 0.6) is 0 Å². The second-order valence-electron chi connectivity index (χ2n) is 6.05. The summed E-state index contributed by atoms with van der Waals surface area (Å²) in [7, 11) is 0. The topological polar surface area (TPSA) is 43.8 Å². The number of rotatable bonds is 4. The molecule has 0 bridgehead atoms. The third-order valence-electron chi connectivity index (χ3n) is 5.01. The van der Waals surface area contributed by atoms with Gasteiger partial charge in [-0.3, -0.25) is 0 Å². The average Bonchev–Trinajstić information content (AvgIpc) is 2.79. The zero-order chi connectivity index (χ0) is 12.4. The second kappa shape index (κ2) is 5.43. The van der Waals surface area contributed by atoms with Gasteiger partial charge in [-0.15, -0.1) is 0 Å². The smallest absolute Gasteiger partial charge is 0.0951 e. The van der Waals surface area contributed by atoms with Gasteiger partial charge < -0.3 is 10.3 Å². The predicted octanol–water partition coefficient (Wildman–Crippen LogP) is 3.23. The maximum absolute atomic E-state index is 6.07. The van der Waals surface area contributed by atoms with Gasteiger partial charge in [0.1, 0.15) is 0 Å². The van der Waals surface area contributed by atoms with Crippen molar-refractivity contribution in [3.05, 3.63) is 18.2 Å². The van der Waals surface area contributed by atoms with Gasteiger partial charge in [0.05, 0.1) is 6.33 Å². The molecule has 1 unspecified atom stereocenters. The highest BCUT2D eigenvalue weighted by atomic mass is 15.1. The average molecular weight is 247 g/mol. The van der Waals surface area contributed by atoms with E-state index in [0.29, 0.717) is 6.04 Å². The molecule has 3 heteroatoms. The Bertz CT molecular complexity index is 375. The van der Waals surface area contributed by atoms with Crippen LogP contribution in [0.4, 0.5) is 0 Å². The highest BCUT2D eigenvalue weighted by molar-refractivity contribution is 5.11. The first-order valence-electron chi connectivity index (χ1n) is 7.62. The Hall–Kier alpha value is -0.830. The number of imidazole rings is 1. The van der Waals surface area contributed by atoms with Crippen molar-refractivity contribution in [3.63, 3.8) is 0 Å². The van der Waals surface area contributed by atoms with Gasteiger partial charge in [-0.1, -0.05) is 25.7 Å². The highest BCUT2D eigenvalue weighted by Crippen LogP contribution is 2.39. The molecule has 0 radical (unpaired) electrons. The largest absolute Gasteiger partial charge is 0.330 e. The van der Waals surface area contributed by atoms with E-state index in [1.54, 1.807) is 0 Å². The fourth-order valence-corrected chi connectivity index (χ4v) is 3.66. The van der Waals surface area contributed by atoms with Crippen LogP contribution in [-0.4, -0.2) is 16.1 Å². The van der Waals surface area contributed by atoms with Crippen LogP contribution in [0.25, 0.3) is 0 Å². The quantitative estimate of drug-likeness (QED) is 0.887. The third kappa shape index (κ3) is 2.20. The molecule has 1 atom stereocenters. The van der Waals surface area contributed by atoms with E-state index in [2.05, 4.69) is 15.7 Å². The van der Waals surface area contributed by atoms with Gasteiger partial charge in [-0.25, -0.2) is 4.98 Å². The van der Waals surface area contributed by atoms with Crippen LogP contribution in [-0.2, 0) is 0 Å². The molecule has 2 N–H and O–H groups in total. The molecule has 3 nitrogen and oxygen atoms in total. The van der Waals surface area contributed by atoms with Gasteiger partial charge in [0, 0.05) is 30.4 Å². The molecular weight excluding hydrogens is 222 g/mol. The summed E-state index contributed by atoms with van der Waals surface area (Å²) in [5.74, 6) is 1.53. The number of hydrogen-bond acceptors (Lipinski definition) is 2. The number of nitrogens with two attached hydrogens (primary N) is 1. The third-order valence-corrected chi connectivity index (χ3v) is 5.01. The Morgan fingerprint density at radius 2 is 1.94 bits per heavy atom. The van der Waals surface area contributed by atoms with Crippen molar-refractivity contribution in [1.82, 2.24) is 9.55 Å². The van der Waals surface area contributed by atoms with Crippen LogP contribution >= 0.6 is 0 Å². The van der Waals surface area contributed by atoms with E-state index in [9.17, 15) is 0 Å². The Labute approximate surface area is 110 Å². The minimum atomic E-state index is 0.489. The van der Waals surface area contributed by atoms with E-state index in [-0.39, 0.29) is 0 Å². The van der Waals surface area contributed by atoms with Crippen LogP contribution < -0.4 is 5.73 Å². The Morgan fingerprint density at radius 3 is 2.56 bits per heavy atom. The van der Waals surface area contributed by atoms with Gasteiger partial charge in [0.15, 0.2) is 0 Å². The Kier molecular flexibility index (Phi) is 3.69. The molecule has 2 saturated carbocycles. The maximum Gasteiger partial charge on any atom is 0.0951 e. The summed E-state index contributed by atoms with van der Waals surface area (Å²) in [6, 6.07) is 0.489. The molecule has 2 aliphatic carbocycles. The van der Waals surface area contributed by atoms with Crippen LogP contribution in [0.2, 0.25) is 0 Å². The van der Waals surface area contributed by atoms with Crippen LogP contribution in [0.1, 0.15) is 69.0 Å². The lowest BCUT2D eigenvalue weighted by Gasteiger charge is -2.34. The SMILES string of the molecule is NCC(C1CCCCC1)n1cncc1C1CCC1. The number of aromatic nitrogens is 2. The zero-order valence-corrected chi connectivity index (χ0v) is 11.2. The van der Waals surface area contributed by atoms with Crippen molar-refractivity contribution in [1.29, 1.82) is 0 Å². The van der Waals surface area contributed by atoms with E-state index >= 15 is 0 Å². The van der Waals surface area contributed by atoms with E-state index in [1.807, 2.05) is 6.33 Å². The Balaban J connectivity index is 1.79. The summed E-state index contributed by atoms with van der Waals surface area (Å²) < 4.78 is 2.42. The minimum Gasteiger partial charge on any atom is -0.330 e. The van der Waals surface area contributed by atoms with Gasteiger partial charge in [0.25, 0.3) is 0 Å². The van der Waals surface area contributed by atoms with E-state index in [0.717, 1.165) is 18.4 Å². The number of hydrogen-bond donors (Lipinski definition) is 1. The van der Waals surface area contributed by atoms with Crippen LogP contribution in [0.15, 0.2) is 12.5 Å². The van der Waals surface area contributed by atoms with E-state index in [4.69, 9.17) is 5.73 Å². The van der Waals surface area contributed by atoms with E-state index < -0.39 is 0 Å². The lowest BCUT2D eigenvalue weighted by molar-refractivity contribution is 0.243. The molecule has 3 rings (SSSR count). The Morgan fingerprint density at radius 1 is 1.17 bits per heavy atom. The summed E-state index contributed by atoms with van der Waals surface area (Å²) in [5.41, 5.74) is 7.52. The molecule has 0 saturated heterocycles. The van der Waals surface area contributed by atoms with Crippen LogP contribution in [0, 0.1) is 5.92 Å². The van der Waals surface area contributed by atoms with Crippen LogP contribution in [0.3, 0.4) is 0 Å². The van der Waals surface area contributed by atoms with Crippen molar-refractivity contribution in [2.45, 2.75) is 63.3 Å². The molecule has 0 amide bonds. The normalized spacial score (nSPS) is 23.8. The molecule has 18 heavy (non-hydrogen) atoms. The van der Waals surface area contributed by atoms with Crippen molar-refractivity contribution < 1.29 is 0 Å². The number of nitrogens with zero attached hydrogens (tertiary/aromatic N) is 2. The first-order chi connectivity index (χ1) is 8.90. The predicted molar refractivity (Wildman–Crippen MR) is 73.5 cm³/mol. The van der Waals surface area contributed by atoms with Crippen molar-refractivity contribution in [3.8, 4) is 0 Å². The molecular formula is C15H25N3. The monoisotopic (exact) mass is 247 g/mol. The maximum atomic E-state index is 6.07. The fourth-order valence-electron chi connectivity index (χ4n) is 3.66. The molecule has 0 spiro atoms. The standard InChI is InChI=1S/C15H25N3/c16-9-14(12-5-2-1-3-6-12)18-11-17-10-15(18)13-7-4-8-13/h10-14H,1-9,16H2.